The molecule has 0 saturated carbocycles. The Kier molecular flexibility index (Phi) is 7.39. The van der Waals surface area contributed by atoms with Crippen LogP contribution in [-0.4, -0.2) is 47.8 Å². The van der Waals surface area contributed by atoms with Gasteiger partial charge < -0.3 is 15.5 Å². The zero-order valence-corrected chi connectivity index (χ0v) is 17.9. The minimum Gasteiger partial charge on any atom is -0.351 e. The molecular formula is C24H28FN3O3. The van der Waals surface area contributed by atoms with E-state index in [1.54, 1.807) is 23.1 Å². The van der Waals surface area contributed by atoms with Gasteiger partial charge in [0.1, 0.15) is 11.9 Å². The fourth-order valence-corrected chi connectivity index (χ4v) is 3.83. The van der Waals surface area contributed by atoms with Crippen LogP contribution in [0.15, 0.2) is 48.5 Å². The summed E-state index contributed by atoms with van der Waals surface area (Å²) >= 11 is 0. The van der Waals surface area contributed by atoms with Gasteiger partial charge in [0.25, 0.3) is 5.91 Å². The summed E-state index contributed by atoms with van der Waals surface area (Å²) in [5.74, 6) is -1.12. The molecule has 164 valence electrons. The van der Waals surface area contributed by atoms with Crippen molar-refractivity contribution in [3.63, 3.8) is 0 Å². The number of likely N-dealkylation sites (tertiary alicyclic amines) is 1. The van der Waals surface area contributed by atoms with E-state index in [9.17, 15) is 18.8 Å². The predicted molar refractivity (Wildman–Crippen MR) is 116 cm³/mol. The molecule has 2 N–H and O–H groups in total. The average Bonchev–Trinajstić information content (AvgIpc) is 2.74. The Balaban J connectivity index is 1.57. The number of hydrogen-bond donors (Lipinski definition) is 2. The summed E-state index contributed by atoms with van der Waals surface area (Å²) < 4.78 is 14.0. The standard InChI is InChI=1S/C24H28FN3O3/c1-16-6-5-8-19(14-16)24(31)28-12-10-20(11-13-28)27-23(30)22(26-17(2)29)15-18-7-3-4-9-21(18)25/h3-9,14,20,22H,10-13,15H2,1-2H3,(H,26,29)(H,27,30). The topological polar surface area (TPSA) is 78.5 Å². The van der Waals surface area contributed by atoms with Crippen molar-refractivity contribution >= 4 is 17.7 Å². The molecule has 1 unspecified atom stereocenters. The molecule has 0 spiro atoms. The predicted octanol–water partition coefficient (Wildman–Crippen LogP) is 2.60. The van der Waals surface area contributed by atoms with Gasteiger partial charge >= 0.3 is 0 Å². The number of hydrogen-bond acceptors (Lipinski definition) is 3. The number of carbonyl (C=O) groups is 3. The zero-order valence-electron chi connectivity index (χ0n) is 17.9. The number of nitrogens with zero attached hydrogens (tertiary/aromatic N) is 1. The Morgan fingerprint density at radius 2 is 1.81 bits per heavy atom. The molecule has 1 saturated heterocycles. The van der Waals surface area contributed by atoms with E-state index in [0.29, 0.717) is 37.1 Å². The second-order valence-corrected chi connectivity index (χ2v) is 7.99. The lowest BCUT2D eigenvalue weighted by molar-refractivity contribution is -0.128. The van der Waals surface area contributed by atoms with E-state index in [0.717, 1.165) is 5.56 Å². The summed E-state index contributed by atoms with van der Waals surface area (Å²) in [4.78, 5) is 38.9. The molecule has 0 radical (unpaired) electrons. The third-order valence-electron chi connectivity index (χ3n) is 5.47. The molecule has 1 heterocycles. The van der Waals surface area contributed by atoms with E-state index in [2.05, 4.69) is 10.6 Å². The highest BCUT2D eigenvalue weighted by Gasteiger charge is 2.28. The van der Waals surface area contributed by atoms with Crippen LogP contribution in [0, 0.1) is 12.7 Å². The number of benzene rings is 2. The maximum Gasteiger partial charge on any atom is 0.253 e. The van der Waals surface area contributed by atoms with E-state index in [1.807, 2.05) is 31.2 Å². The molecule has 1 aliphatic rings. The van der Waals surface area contributed by atoms with Gasteiger partial charge in [-0.1, -0.05) is 35.9 Å². The van der Waals surface area contributed by atoms with Crippen LogP contribution < -0.4 is 10.6 Å². The van der Waals surface area contributed by atoms with Gasteiger partial charge in [-0.25, -0.2) is 4.39 Å². The molecule has 1 aliphatic heterocycles. The van der Waals surface area contributed by atoms with Gasteiger partial charge in [-0.05, 0) is 43.5 Å². The highest BCUT2D eigenvalue weighted by molar-refractivity contribution is 5.94. The van der Waals surface area contributed by atoms with Crippen molar-refractivity contribution < 1.29 is 18.8 Å². The molecule has 1 fully saturated rings. The summed E-state index contributed by atoms with van der Waals surface area (Å²) in [6.45, 7) is 4.36. The summed E-state index contributed by atoms with van der Waals surface area (Å²) in [7, 11) is 0. The number of halogens is 1. The van der Waals surface area contributed by atoms with Gasteiger partial charge in [0, 0.05) is 38.0 Å². The third-order valence-corrected chi connectivity index (χ3v) is 5.47. The number of carbonyl (C=O) groups excluding carboxylic acids is 3. The molecule has 2 aromatic carbocycles. The maximum atomic E-state index is 14.0. The van der Waals surface area contributed by atoms with Crippen molar-refractivity contribution in [2.45, 2.75) is 45.2 Å². The van der Waals surface area contributed by atoms with Crippen LogP contribution in [0.5, 0.6) is 0 Å². The second kappa shape index (κ2) is 10.2. The van der Waals surface area contributed by atoms with E-state index < -0.39 is 11.9 Å². The average molecular weight is 426 g/mol. The number of piperidine rings is 1. The molecule has 6 nitrogen and oxygen atoms in total. The molecule has 2 aromatic rings. The second-order valence-electron chi connectivity index (χ2n) is 7.99. The third kappa shape index (κ3) is 6.13. The lowest BCUT2D eigenvalue weighted by Crippen LogP contribution is -2.53. The van der Waals surface area contributed by atoms with Crippen LogP contribution in [0.25, 0.3) is 0 Å². The first-order chi connectivity index (χ1) is 14.8. The van der Waals surface area contributed by atoms with Crippen molar-refractivity contribution in [3.05, 3.63) is 71.0 Å². The van der Waals surface area contributed by atoms with Crippen molar-refractivity contribution in [2.75, 3.05) is 13.1 Å². The Bertz CT molecular complexity index is 955. The van der Waals surface area contributed by atoms with Gasteiger partial charge in [0.2, 0.25) is 11.8 Å². The summed E-state index contributed by atoms with van der Waals surface area (Å²) in [6.07, 6.45) is 1.31. The van der Waals surface area contributed by atoms with E-state index in [1.165, 1.54) is 13.0 Å². The largest absolute Gasteiger partial charge is 0.351 e. The van der Waals surface area contributed by atoms with Crippen LogP contribution >= 0.6 is 0 Å². The minimum absolute atomic E-state index is 0.0100. The summed E-state index contributed by atoms with van der Waals surface area (Å²) in [5.41, 5.74) is 2.07. The quantitative estimate of drug-likeness (QED) is 0.747. The normalized spacial score (nSPS) is 15.3. The molecule has 0 aliphatic carbocycles. The van der Waals surface area contributed by atoms with Gasteiger partial charge in [0.15, 0.2) is 0 Å². The van der Waals surface area contributed by atoms with Gasteiger partial charge in [0.05, 0.1) is 0 Å². The number of rotatable bonds is 6. The lowest BCUT2D eigenvalue weighted by atomic mass is 10.0. The molecule has 7 heteroatoms. The van der Waals surface area contributed by atoms with Crippen LogP contribution in [-0.2, 0) is 16.0 Å². The van der Waals surface area contributed by atoms with Crippen LogP contribution in [0.1, 0.15) is 41.3 Å². The van der Waals surface area contributed by atoms with E-state index >= 15 is 0 Å². The first-order valence-electron chi connectivity index (χ1n) is 10.5. The van der Waals surface area contributed by atoms with Gasteiger partial charge in [-0.3, -0.25) is 14.4 Å². The molecule has 3 rings (SSSR count). The maximum absolute atomic E-state index is 14.0. The smallest absolute Gasteiger partial charge is 0.253 e. The molecular weight excluding hydrogens is 397 g/mol. The Morgan fingerprint density at radius 3 is 2.45 bits per heavy atom. The Hall–Kier alpha value is -3.22. The van der Waals surface area contributed by atoms with Crippen molar-refractivity contribution in [1.82, 2.24) is 15.5 Å². The van der Waals surface area contributed by atoms with Crippen LogP contribution in [0.3, 0.4) is 0 Å². The van der Waals surface area contributed by atoms with Crippen LogP contribution in [0.4, 0.5) is 4.39 Å². The van der Waals surface area contributed by atoms with Crippen molar-refractivity contribution in [1.29, 1.82) is 0 Å². The Labute approximate surface area is 181 Å². The minimum atomic E-state index is -0.860. The van der Waals surface area contributed by atoms with Crippen LogP contribution in [0.2, 0.25) is 0 Å². The molecule has 0 aromatic heterocycles. The van der Waals surface area contributed by atoms with Crippen molar-refractivity contribution in [2.24, 2.45) is 0 Å². The van der Waals surface area contributed by atoms with Crippen molar-refractivity contribution in [3.8, 4) is 0 Å². The van der Waals surface area contributed by atoms with E-state index in [4.69, 9.17) is 0 Å². The number of amides is 3. The van der Waals surface area contributed by atoms with Gasteiger partial charge in [-0.15, -0.1) is 0 Å². The highest BCUT2D eigenvalue weighted by Crippen LogP contribution is 2.16. The number of aryl methyl sites for hydroxylation is 1. The first kappa shape index (κ1) is 22.5. The lowest BCUT2D eigenvalue weighted by Gasteiger charge is -2.33. The van der Waals surface area contributed by atoms with E-state index in [-0.39, 0.29) is 30.2 Å². The molecule has 0 bridgehead atoms. The fraction of sp³-hybridized carbons (Fsp3) is 0.375. The highest BCUT2D eigenvalue weighted by atomic mass is 19.1. The van der Waals surface area contributed by atoms with Gasteiger partial charge in [-0.2, -0.15) is 0 Å². The zero-order chi connectivity index (χ0) is 22.4. The first-order valence-corrected chi connectivity index (χ1v) is 10.5. The SMILES string of the molecule is CC(=O)NC(Cc1ccccc1F)C(=O)NC1CCN(C(=O)c2cccc(C)c2)CC1. The molecule has 1 atom stereocenters. The Morgan fingerprint density at radius 1 is 1.10 bits per heavy atom. The summed E-state index contributed by atoms with van der Waals surface area (Å²) in [6, 6.07) is 12.7. The number of nitrogens with one attached hydrogen (secondary N) is 2. The fourth-order valence-electron chi connectivity index (χ4n) is 3.83. The molecule has 31 heavy (non-hydrogen) atoms. The summed E-state index contributed by atoms with van der Waals surface area (Å²) in [5, 5.41) is 5.57. The monoisotopic (exact) mass is 425 g/mol. The molecule has 3 amide bonds.